The number of likely N-dealkylation sites (tertiary alicyclic amines) is 1. The van der Waals surface area contributed by atoms with Crippen molar-refractivity contribution in [3.63, 3.8) is 0 Å². The van der Waals surface area contributed by atoms with Gasteiger partial charge in [-0.2, -0.15) is 0 Å². The first-order chi connectivity index (χ1) is 12.5. The number of H-pyrrole nitrogens is 2. The third-order valence-electron chi connectivity index (χ3n) is 4.90. The zero-order chi connectivity index (χ0) is 18.4. The van der Waals surface area contributed by atoms with Crippen molar-refractivity contribution in [2.75, 3.05) is 6.54 Å². The average molecular weight is 354 g/mol. The van der Waals surface area contributed by atoms with Gasteiger partial charge in [-0.15, -0.1) is 0 Å². The largest absolute Gasteiger partial charge is 0.361 e. The molecule has 1 saturated heterocycles. The summed E-state index contributed by atoms with van der Waals surface area (Å²) in [4.78, 5) is 42.8. The molecule has 0 spiro atoms. The molecule has 1 amide bonds. The van der Waals surface area contributed by atoms with Crippen LogP contribution in [0.2, 0.25) is 0 Å². The van der Waals surface area contributed by atoms with E-state index in [1.807, 2.05) is 18.7 Å². The first-order valence-corrected chi connectivity index (χ1v) is 8.46. The Bertz CT molecular complexity index is 1100. The lowest BCUT2D eigenvalue weighted by molar-refractivity contribution is 0.0735. The maximum atomic E-state index is 13.1. The molecule has 1 atom stereocenters. The van der Waals surface area contributed by atoms with Crippen molar-refractivity contribution in [3.05, 3.63) is 61.5 Å². The Hall–Kier alpha value is -3.16. The predicted octanol–water partition coefficient (Wildman–Crippen LogP) is 1.80. The van der Waals surface area contributed by atoms with Crippen LogP contribution in [-0.4, -0.2) is 32.5 Å². The Kier molecular flexibility index (Phi) is 3.75. The molecule has 3 aromatic rings. The SMILES string of the molecule is Cc1noc(C)c1[C@@H]1CCCN1C(=O)c1ccc2[nH]c(=O)c(=O)[nH]c2c1. The number of benzene rings is 1. The molecule has 0 saturated carbocycles. The maximum Gasteiger partial charge on any atom is 0.314 e. The zero-order valence-electron chi connectivity index (χ0n) is 14.5. The van der Waals surface area contributed by atoms with E-state index in [0.29, 0.717) is 23.1 Å². The first-order valence-electron chi connectivity index (χ1n) is 8.46. The molecule has 0 bridgehead atoms. The summed E-state index contributed by atoms with van der Waals surface area (Å²) in [5.74, 6) is 0.606. The fraction of sp³-hybridized carbons (Fsp3) is 0.333. The van der Waals surface area contributed by atoms with E-state index in [1.54, 1.807) is 18.2 Å². The van der Waals surface area contributed by atoms with E-state index in [-0.39, 0.29) is 11.9 Å². The highest BCUT2D eigenvalue weighted by atomic mass is 16.5. The summed E-state index contributed by atoms with van der Waals surface area (Å²) in [7, 11) is 0. The predicted molar refractivity (Wildman–Crippen MR) is 94.2 cm³/mol. The van der Waals surface area contributed by atoms with Crippen LogP contribution in [0.1, 0.15) is 46.3 Å². The van der Waals surface area contributed by atoms with Gasteiger partial charge >= 0.3 is 11.1 Å². The average Bonchev–Trinajstić information content (AvgIpc) is 3.21. The van der Waals surface area contributed by atoms with Crippen LogP contribution in [0.3, 0.4) is 0 Å². The van der Waals surface area contributed by atoms with Crippen LogP contribution < -0.4 is 11.1 Å². The normalized spacial score (nSPS) is 17.2. The number of amides is 1. The molecular weight excluding hydrogens is 336 g/mol. The number of aryl methyl sites for hydroxylation is 2. The van der Waals surface area contributed by atoms with Crippen LogP contribution in [0.5, 0.6) is 0 Å². The minimum atomic E-state index is -0.739. The number of carbonyl (C=O) groups is 1. The third-order valence-corrected chi connectivity index (χ3v) is 4.90. The molecule has 4 rings (SSSR count). The van der Waals surface area contributed by atoms with Crippen molar-refractivity contribution in [1.29, 1.82) is 0 Å². The maximum absolute atomic E-state index is 13.1. The standard InChI is InChI=1S/C18H18N4O4/c1-9-15(10(2)26-21-9)14-4-3-7-22(14)18(25)11-5-6-12-13(8-11)20-17(24)16(23)19-12/h5-6,8,14H,3-4,7H2,1-2H3,(H,19,23)(H,20,24)/t14-/m0/s1. The van der Waals surface area contributed by atoms with Gasteiger partial charge in [0.15, 0.2) is 0 Å². The number of aromatic nitrogens is 3. The van der Waals surface area contributed by atoms with E-state index in [0.717, 1.165) is 29.9 Å². The Morgan fingerprint density at radius 1 is 1.19 bits per heavy atom. The van der Waals surface area contributed by atoms with Gasteiger partial charge in [0.25, 0.3) is 5.91 Å². The summed E-state index contributed by atoms with van der Waals surface area (Å²) in [6.45, 7) is 4.38. The van der Waals surface area contributed by atoms with Crippen molar-refractivity contribution >= 4 is 16.9 Å². The van der Waals surface area contributed by atoms with E-state index in [1.165, 1.54) is 0 Å². The molecule has 1 aliphatic heterocycles. The van der Waals surface area contributed by atoms with Gasteiger partial charge < -0.3 is 19.4 Å². The number of nitrogens with one attached hydrogen (secondary N) is 2. The van der Waals surface area contributed by atoms with Crippen LogP contribution in [0.15, 0.2) is 32.3 Å². The number of fused-ring (bicyclic) bond motifs is 1. The summed E-state index contributed by atoms with van der Waals surface area (Å²) in [6, 6.07) is 4.80. The van der Waals surface area contributed by atoms with Gasteiger partial charge in [-0.25, -0.2) is 0 Å². The summed E-state index contributed by atoms with van der Waals surface area (Å²) in [5.41, 5.74) is 1.68. The Morgan fingerprint density at radius 3 is 2.62 bits per heavy atom. The second-order valence-electron chi connectivity index (χ2n) is 6.56. The number of nitrogens with zero attached hydrogens (tertiary/aromatic N) is 2. The highest BCUT2D eigenvalue weighted by molar-refractivity contribution is 5.97. The summed E-state index contributed by atoms with van der Waals surface area (Å²) >= 11 is 0. The fourth-order valence-corrected chi connectivity index (χ4v) is 3.69. The molecule has 0 aliphatic carbocycles. The van der Waals surface area contributed by atoms with Gasteiger partial charge in [0.1, 0.15) is 5.76 Å². The third kappa shape index (κ3) is 2.54. The van der Waals surface area contributed by atoms with Gasteiger partial charge in [-0.05, 0) is 44.9 Å². The molecular formula is C18H18N4O4. The smallest absolute Gasteiger partial charge is 0.314 e. The van der Waals surface area contributed by atoms with Crippen molar-refractivity contribution in [2.45, 2.75) is 32.7 Å². The lowest BCUT2D eigenvalue weighted by atomic mass is 10.0. The molecule has 3 heterocycles. The number of rotatable bonds is 2. The highest BCUT2D eigenvalue weighted by Crippen LogP contribution is 2.36. The van der Waals surface area contributed by atoms with Crippen LogP contribution in [0.4, 0.5) is 0 Å². The Labute approximate surface area is 147 Å². The molecule has 1 aromatic carbocycles. The minimum absolute atomic E-state index is 0.0703. The van der Waals surface area contributed by atoms with Gasteiger partial charge in [0, 0.05) is 17.7 Å². The lowest BCUT2D eigenvalue weighted by Crippen LogP contribution is -2.31. The highest BCUT2D eigenvalue weighted by Gasteiger charge is 2.34. The molecule has 0 unspecified atom stereocenters. The van der Waals surface area contributed by atoms with Gasteiger partial charge in [0.05, 0.1) is 22.8 Å². The topological polar surface area (TPSA) is 112 Å². The summed E-state index contributed by atoms with van der Waals surface area (Å²) < 4.78 is 5.26. The Balaban J connectivity index is 1.72. The monoisotopic (exact) mass is 354 g/mol. The minimum Gasteiger partial charge on any atom is -0.361 e. The molecule has 2 aromatic heterocycles. The zero-order valence-corrected chi connectivity index (χ0v) is 14.5. The van der Waals surface area contributed by atoms with E-state index in [2.05, 4.69) is 15.1 Å². The fourth-order valence-electron chi connectivity index (χ4n) is 3.69. The summed E-state index contributed by atoms with van der Waals surface area (Å²) in [5, 5.41) is 4.00. The lowest BCUT2D eigenvalue weighted by Gasteiger charge is -2.25. The molecule has 8 heteroatoms. The van der Waals surface area contributed by atoms with E-state index >= 15 is 0 Å². The first kappa shape index (κ1) is 16.3. The number of carbonyl (C=O) groups excluding carboxylic acids is 1. The van der Waals surface area contributed by atoms with E-state index in [4.69, 9.17) is 4.52 Å². The molecule has 1 fully saturated rings. The van der Waals surface area contributed by atoms with Crippen LogP contribution in [-0.2, 0) is 0 Å². The van der Waals surface area contributed by atoms with Crippen LogP contribution in [0.25, 0.3) is 11.0 Å². The van der Waals surface area contributed by atoms with Crippen LogP contribution >= 0.6 is 0 Å². The van der Waals surface area contributed by atoms with Gasteiger partial charge in [-0.1, -0.05) is 5.16 Å². The van der Waals surface area contributed by atoms with Gasteiger partial charge in [-0.3, -0.25) is 14.4 Å². The molecule has 0 radical (unpaired) electrons. The second kappa shape index (κ2) is 5.98. The van der Waals surface area contributed by atoms with Crippen molar-refractivity contribution in [3.8, 4) is 0 Å². The molecule has 134 valence electrons. The number of aromatic amines is 2. The van der Waals surface area contributed by atoms with E-state index < -0.39 is 11.1 Å². The second-order valence-corrected chi connectivity index (χ2v) is 6.56. The van der Waals surface area contributed by atoms with Crippen LogP contribution in [0, 0.1) is 13.8 Å². The van der Waals surface area contributed by atoms with E-state index in [9.17, 15) is 14.4 Å². The number of hydrogen-bond acceptors (Lipinski definition) is 5. The summed E-state index contributed by atoms with van der Waals surface area (Å²) in [6.07, 6.45) is 1.75. The molecule has 1 aliphatic rings. The number of hydrogen-bond donors (Lipinski definition) is 2. The quantitative estimate of drug-likeness (QED) is 0.682. The molecule has 2 N–H and O–H groups in total. The van der Waals surface area contributed by atoms with Gasteiger partial charge in [0.2, 0.25) is 0 Å². The molecule has 8 nitrogen and oxygen atoms in total. The molecule has 26 heavy (non-hydrogen) atoms. The van der Waals surface area contributed by atoms with Crippen molar-refractivity contribution in [1.82, 2.24) is 20.0 Å². The van der Waals surface area contributed by atoms with Crippen molar-refractivity contribution < 1.29 is 9.32 Å². The van der Waals surface area contributed by atoms with Crippen molar-refractivity contribution in [2.24, 2.45) is 0 Å². The Morgan fingerprint density at radius 2 is 1.92 bits per heavy atom.